The molecule has 16 nitrogen and oxygen atoms in total. The van der Waals surface area contributed by atoms with E-state index >= 15 is 0 Å². The molecule has 0 aliphatic rings. The van der Waals surface area contributed by atoms with E-state index in [9.17, 15) is 45.6 Å². The van der Waals surface area contributed by atoms with E-state index < -0.39 is 67.7 Å². The lowest BCUT2D eigenvalue weighted by Gasteiger charge is -2.19. The molecule has 0 spiro atoms. The second-order valence-corrected chi connectivity index (χ2v) is 19.7. The summed E-state index contributed by atoms with van der Waals surface area (Å²) in [7, 11) is -7.46. The molecular formula is C46H54Cl2N4O12S2. The Morgan fingerprint density at radius 2 is 0.985 bits per heavy atom. The zero-order chi connectivity index (χ0) is 48.9. The third-order valence-electron chi connectivity index (χ3n) is 9.26. The fourth-order valence-electron chi connectivity index (χ4n) is 6.30. The molecule has 0 fully saturated rings. The summed E-state index contributed by atoms with van der Waals surface area (Å²) in [6.45, 7) is 2.29. The van der Waals surface area contributed by atoms with Gasteiger partial charge in [-0.15, -0.1) is 0 Å². The summed E-state index contributed by atoms with van der Waals surface area (Å²) in [5.74, 6) is -4.02. The fourth-order valence-corrected chi connectivity index (χ4v) is 7.68. The molecule has 5 N–H and O–H groups in total. The van der Waals surface area contributed by atoms with Gasteiger partial charge in [-0.05, 0) is 76.9 Å². The normalized spacial score (nSPS) is 12.0. The number of halogens is 2. The van der Waals surface area contributed by atoms with Crippen LogP contribution in [0.2, 0.25) is 10.0 Å². The van der Waals surface area contributed by atoms with E-state index in [1.807, 2.05) is 101 Å². The molecule has 0 saturated heterocycles. The Morgan fingerprint density at radius 1 is 0.576 bits per heavy atom. The molecule has 20 heteroatoms. The number of carboxylic acid groups (broad SMARTS) is 1. The van der Waals surface area contributed by atoms with Crippen molar-refractivity contribution in [3.63, 3.8) is 0 Å². The predicted octanol–water partition coefficient (Wildman–Crippen LogP) is 5.99. The Bertz CT molecular complexity index is 2520. The maximum absolute atomic E-state index is 12.4. The topological polar surface area (TPSA) is 248 Å². The summed E-state index contributed by atoms with van der Waals surface area (Å²) in [4.78, 5) is 71.1. The van der Waals surface area contributed by atoms with Crippen LogP contribution in [0.25, 0.3) is 22.3 Å². The summed E-state index contributed by atoms with van der Waals surface area (Å²) in [6.07, 6.45) is 2.67. The molecule has 4 amide bonds. The molecule has 0 heterocycles. The molecule has 0 bridgehead atoms. The molecule has 0 unspecified atom stereocenters. The Kier molecular flexibility index (Phi) is 22.3. The van der Waals surface area contributed by atoms with Crippen molar-refractivity contribution in [3.8, 4) is 22.3 Å². The van der Waals surface area contributed by atoms with Crippen LogP contribution < -0.4 is 20.1 Å². The summed E-state index contributed by atoms with van der Waals surface area (Å²) in [5.41, 5.74) is 5.42. The van der Waals surface area contributed by atoms with Crippen molar-refractivity contribution in [3.05, 3.63) is 118 Å². The zero-order valence-corrected chi connectivity index (χ0v) is 39.8. The highest BCUT2D eigenvalue weighted by Crippen LogP contribution is 2.25. The van der Waals surface area contributed by atoms with Crippen LogP contribution in [-0.4, -0.2) is 88.7 Å². The predicted molar refractivity (Wildman–Crippen MR) is 252 cm³/mol. The molecule has 66 heavy (non-hydrogen) atoms. The van der Waals surface area contributed by atoms with E-state index in [1.54, 1.807) is 12.1 Å². The van der Waals surface area contributed by atoms with Gasteiger partial charge in [0, 0.05) is 47.8 Å². The highest BCUT2D eigenvalue weighted by Gasteiger charge is 2.22. The van der Waals surface area contributed by atoms with Gasteiger partial charge in [0.25, 0.3) is 0 Å². The lowest BCUT2D eigenvalue weighted by atomic mass is 9.99. The van der Waals surface area contributed by atoms with Crippen molar-refractivity contribution < 1.29 is 55.4 Å². The lowest BCUT2D eigenvalue weighted by molar-refractivity contribution is -0.145. The minimum absolute atomic E-state index is 0.0772. The minimum Gasteiger partial charge on any atom is -0.481 e. The number of benzene rings is 4. The number of nitrogens with one attached hydrogen (secondary N) is 4. The van der Waals surface area contributed by atoms with Gasteiger partial charge in [-0.1, -0.05) is 109 Å². The lowest BCUT2D eigenvalue weighted by Crippen LogP contribution is -2.41. The number of unbranched alkanes of at least 4 members (excludes halogenated alkanes) is 1. The Hall–Kier alpha value is -5.82. The molecule has 0 aliphatic carbocycles. The SMILES string of the molecule is CCCCOC(=O)CCC(=O)N[C@@H](CC(=O)NS(C)(=O)=O)Cc1ccc(-c2cccc(Cl)c2)cc1.CS(=O)(=O)NC(=O)C[C@@H](Cc1ccc(-c2cccc(Cl)c2)cc1)NC(=O)CCC(=O)O. The molecular weight excluding hydrogens is 936 g/mol. The number of carboxylic acids is 1. The quantitative estimate of drug-likeness (QED) is 0.0425. The molecule has 2 atom stereocenters. The maximum atomic E-state index is 12.4. The van der Waals surface area contributed by atoms with Crippen LogP contribution in [0.5, 0.6) is 0 Å². The molecule has 4 aromatic carbocycles. The number of ether oxygens (including phenoxy) is 1. The van der Waals surface area contributed by atoms with Crippen LogP contribution in [0.3, 0.4) is 0 Å². The average Bonchev–Trinajstić information content (AvgIpc) is 3.21. The van der Waals surface area contributed by atoms with Crippen molar-refractivity contribution in [1.29, 1.82) is 0 Å². The number of hydrogen-bond donors (Lipinski definition) is 5. The largest absolute Gasteiger partial charge is 0.481 e. The van der Waals surface area contributed by atoms with E-state index in [0.717, 1.165) is 58.7 Å². The first-order chi connectivity index (χ1) is 31.1. The maximum Gasteiger partial charge on any atom is 0.306 e. The number of carbonyl (C=O) groups is 6. The number of esters is 1. The van der Waals surface area contributed by atoms with E-state index in [0.29, 0.717) is 23.1 Å². The molecule has 4 aromatic rings. The second kappa shape index (κ2) is 27.0. The first-order valence-corrected chi connectivity index (χ1v) is 25.3. The van der Waals surface area contributed by atoms with E-state index in [-0.39, 0.29) is 44.9 Å². The van der Waals surface area contributed by atoms with Gasteiger partial charge in [-0.3, -0.25) is 38.2 Å². The Balaban J connectivity index is 0.000000353. The number of hydrogen-bond acceptors (Lipinski definition) is 11. The van der Waals surface area contributed by atoms with Crippen LogP contribution in [0.15, 0.2) is 97.1 Å². The van der Waals surface area contributed by atoms with Gasteiger partial charge >= 0.3 is 11.9 Å². The third-order valence-corrected chi connectivity index (χ3v) is 10.9. The van der Waals surface area contributed by atoms with Crippen molar-refractivity contribution >= 4 is 78.8 Å². The van der Waals surface area contributed by atoms with Crippen molar-refractivity contribution in [2.75, 3.05) is 19.1 Å². The molecule has 0 aromatic heterocycles. The zero-order valence-electron chi connectivity index (χ0n) is 36.7. The van der Waals surface area contributed by atoms with E-state index in [1.165, 1.54) is 0 Å². The van der Waals surface area contributed by atoms with Crippen LogP contribution >= 0.6 is 23.2 Å². The van der Waals surface area contributed by atoms with E-state index in [4.69, 9.17) is 33.0 Å². The number of aliphatic carboxylic acids is 1. The van der Waals surface area contributed by atoms with Gasteiger partial charge < -0.3 is 20.5 Å². The Morgan fingerprint density at radius 3 is 1.35 bits per heavy atom. The Labute approximate surface area is 395 Å². The number of amides is 4. The van der Waals surface area contributed by atoms with Gasteiger partial charge in [0.15, 0.2) is 0 Å². The molecule has 0 radical (unpaired) electrons. The first kappa shape index (κ1) is 54.5. The van der Waals surface area contributed by atoms with Crippen LogP contribution in [0, 0.1) is 0 Å². The molecule has 356 valence electrons. The van der Waals surface area contributed by atoms with Crippen molar-refractivity contribution in [2.45, 2.75) is 83.2 Å². The summed E-state index contributed by atoms with van der Waals surface area (Å²) in [5, 5.41) is 15.3. The summed E-state index contributed by atoms with van der Waals surface area (Å²) >= 11 is 12.1. The van der Waals surface area contributed by atoms with E-state index in [2.05, 4.69) is 10.6 Å². The summed E-state index contributed by atoms with van der Waals surface area (Å²) < 4.78 is 54.2. The molecule has 0 aliphatic heterocycles. The second-order valence-electron chi connectivity index (χ2n) is 15.3. The summed E-state index contributed by atoms with van der Waals surface area (Å²) in [6, 6.07) is 28.4. The fraction of sp³-hybridized carbons (Fsp3) is 0.348. The van der Waals surface area contributed by atoms with Gasteiger partial charge in [0.05, 0.1) is 32.0 Å². The van der Waals surface area contributed by atoms with Crippen molar-refractivity contribution in [2.24, 2.45) is 0 Å². The highest BCUT2D eigenvalue weighted by atomic mass is 35.5. The molecule has 4 rings (SSSR count). The van der Waals surface area contributed by atoms with Gasteiger partial charge in [-0.25, -0.2) is 16.8 Å². The first-order valence-electron chi connectivity index (χ1n) is 20.7. The van der Waals surface area contributed by atoms with Gasteiger partial charge in [0.1, 0.15) is 0 Å². The number of sulfonamides is 2. The average molecular weight is 990 g/mol. The van der Waals surface area contributed by atoms with Crippen LogP contribution in [-0.2, 0) is 66.4 Å². The molecule has 0 saturated carbocycles. The highest BCUT2D eigenvalue weighted by molar-refractivity contribution is 7.89. The van der Waals surface area contributed by atoms with Gasteiger partial charge in [-0.2, -0.15) is 0 Å². The van der Waals surface area contributed by atoms with Gasteiger partial charge in [0.2, 0.25) is 43.7 Å². The minimum atomic E-state index is -3.73. The van der Waals surface area contributed by atoms with Crippen molar-refractivity contribution in [1.82, 2.24) is 20.1 Å². The monoisotopic (exact) mass is 988 g/mol. The standard InChI is InChI=1S/C25H31ClN2O6S.C21H23ClN2O6S/c1-3-4-14-34-25(31)13-12-23(29)27-22(17-24(30)28-35(2,32)33)15-18-8-10-19(11-9-18)20-6-5-7-21(26)16-20;1-31(29,30)24-20(26)13-18(23-19(25)9-10-21(27)28)11-14-5-7-15(8-6-14)16-3-2-4-17(22)12-16/h5-11,16,22H,3-4,12-15,17H2,1-2H3,(H,27,29)(H,28,30);2-8,12,18H,9-11,13H2,1H3,(H,23,25)(H,24,26)(H,27,28)/t22-;18-/m11/s1. The smallest absolute Gasteiger partial charge is 0.306 e. The number of carbonyl (C=O) groups excluding carboxylic acids is 5. The number of rotatable bonds is 23. The van der Waals surface area contributed by atoms with Crippen LogP contribution in [0.4, 0.5) is 0 Å². The third kappa shape index (κ3) is 22.9. The van der Waals surface area contributed by atoms with Crippen LogP contribution in [0.1, 0.15) is 69.4 Å².